The summed E-state index contributed by atoms with van der Waals surface area (Å²) >= 11 is 0. The number of carbonyl (C=O) groups excluding carboxylic acids is 1. The predicted octanol–water partition coefficient (Wildman–Crippen LogP) is 1.48. The van der Waals surface area contributed by atoms with E-state index >= 15 is 0 Å². The van der Waals surface area contributed by atoms with Crippen LogP contribution < -0.4 is 10.6 Å². The monoisotopic (exact) mass is 448 g/mol. The van der Waals surface area contributed by atoms with Gasteiger partial charge in [0, 0.05) is 38.6 Å². The van der Waals surface area contributed by atoms with Crippen LogP contribution in [0.15, 0.2) is 23.7 Å². The van der Waals surface area contributed by atoms with Crippen LogP contribution in [0.4, 0.5) is 0 Å². The average molecular weight is 448 g/mol. The minimum Gasteiger partial charge on any atom is -0.352 e. The van der Waals surface area contributed by atoms with Crippen LogP contribution in [0.3, 0.4) is 0 Å². The quantitative estimate of drug-likeness (QED) is 0.416. The zero-order chi connectivity index (χ0) is 16.8. The average Bonchev–Trinajstić information content (AvgIpc) is 3.02. The molecule has 2 rings (SSSR count). The molecule has 1 fully saturated rings. The van der Waals surface area contributed by atoms with Crippen molar-refractivity contribution in [1.29, 1.82) is 0 Å². The van der Waals surface area contributed by atoms with Crippen LogP contribution in [0.2, 0.25) is 0 Å². The number of nitrogens with zero attached hydrogens (tertiary/aromatic N) is 4. The second-order valence-electron chi connectivity index (χ2n) is 6.41. The summed E-state index contributed by atoms with van der Waals surface area (Å²) in [7, 11) is 1.76. The van der Waals surface area contributed by atoms with Gasteiger partial charge in [0.15, 0.2) is 5.96 Å². The molecule has 136 valence electrons. The Hall–Kier alpha value is -1.32. The molecule has 24 heavy (non-hydrogen) atoms. The van der Waals surface area contributed by atoms with E-state index in [0.717, 1.165) is 25.5 Å². The largest absolute Gasteiger partial charge is 0.352 e. The number of nitrogens with one attached hydrogen (secondary N) is 2. The third kappa shape index (κ3) is 5.64. The van der Waals surface area contributed by atoms with Gasteiger partial charge in [-0.1, -0.05) is 6.92 Å². The number of likely N-dealkylation sites (tertiary alicyclic amines) is 1. The maximum atomic E-state index is 11.8. The van der Waals surface area contributed by atoms with Gasteiger partial charge in [-0.25, -0.2) is 4.98 Å². The number of imidazole rings is 1. The van der Waals surface area contributed by atoms with Gasteiger partial charge in [0.2, 0.25) is 5.91 Å². The van der Waals surface area contributed by atoms with E-state index in [9.17, 15) is 4.79 Å². The van der Waals surface area contributed by atoms with Gasteiger partial charge in [0.1, 0.15) is 0 Å². The number of aromatic nitrogens is 2. The maximum absolute atomic E-state index is 11.8. The lowest BCUT2D eigenvalue weighted by Gasteiger charge is -2.39. The van der Waals surface area contributed by atoms with Crippen LogP contribution >= 0.6 is 24.0 Å². The third-order valence-electron chi connectivity index (χ3n) is 4.19. The van der Waals surface area contributed by atoms with Crippen molar-refractivity contribution in [3.8, 4) is 0 Å². The number of rotatable bonds is 4. The van der Waals surface area contributed by atoms with Crippen molar-refractivity contribution in [3.63, 3.8) is 0 Å². The summed E-state index contributed by atoms with van der Waals surface area (Å²) < 4.78 is 2.16. The Bertz CT molecular complexity index is 531. The number of aliphatic imine (C=N–C) groups is 1. The van der Waals surface area contributed by atoms with Crippen molar-refractivity contribution in [2.75, 3.05) is 26.7 Å². The van der Waals surface area contributed by atoms with Gasteiger partial charge >= 0.3 is 0 Å². The second-order valence-corrected chi connectivity index (χ2v) is 6.41. The SMILES string of the molecule is CN=C(NCC(=O)NC(C)C)N1CCC(C)C(n2ccnc2)C1.I. The highest BCUT2D eigenvalue weighted by Gasteiger charge is 2.28. The number of hydrogen-bond donors (Lipinski definition) is 2. The number of halogens is 1. The summed E-state index contributed by atoms with van der Waals surface area (Å²) in [4.78, 5) is 22.5. The first-order valence-electron chi connectivity index (χ1n) is 8.23. The molecule has 2 heterocycles. The zero-order valence-electron chi connectivity index (χ0n) is 14.9. The molecule has 1 aromatic heterocycles. The fraction of sp³-hybridized carbons (Fsp3) is 0.688. The maximum Gasteiger partial charge on any atom is 0.239 e. The summed E-state index contributed by atoms with van der Waals surface area (Å²) in [5.74, 6) is 1.35. The molecule has 2 N–H and O–H groups in total. The summed E-state index contributed by atoms with van der Waals surface area (Å²) in [6, 6.07) is 0.516. The molecule has 0 spiro atoms. The summed E-state index contributed by atoms with van der Waals surface area (Å²) in [5.41, 5.74) is 0. The van der Waals surface area contributed by atoms with E-state index in [1.54, 1.807) is 7.05 Å². The standard InChI is InChI=1S/C16H28N6O.HI/c1-12(2)20-15(23)9-19-16(17-4)21-7-5-13(3)14(10-21)22-8-6-18-11-22;/h6,8,11-14H,5,7,9-10H2,1-4H3,(H,17,19)(H,20,23);1H. The molecule has 1 aliphatic heterocycles. The van der Waals surface area contributed by atoms with Crippen molar-refractivity contribution in [1.82, 2.24) is 25.1 Å². The molecule has 0 aliphatic carbocycles. The lowest BCUT2D eigenvalue weighted by Crippen LogP contribution is -2.51. The molecule has 1 amide bonds. The Morgan fingerprint density at radius 2 is 2.21 bits per heavy atom. The number of piperidine rings is 1. The first kappa shape index (κ1) is 20.7. The van der Waals surface area contributed by atoms with E-state index in [1.165, 1.54) is 0 Å². The Morgan fingerprint density at radius 3 is 2.79 bits per heavy atom. The van der Waals surface area contributed by atoms with Crippen LogP contribution in [0.1, 0.15) is 33.2 Å². The minimum atomic E-state index is -0.0160. The number of hydrogen-bond acceptors (Lipinski definition) is 3. The molecule has 0 bridgehead atoms. The first-order chi connectivity index (χ1) is 11.0. The van der Waals surface area contributed by atoms with Gasteiger partial charge in [-0.15, -0.1) is 24.0 Å². The van der Waals surface area contributed by atoms with E-state index in [1.807, 2.05) is 32.6 Å². The van der Waals surface area contributed by atoms with Crippen LogP contribution in [-0.4, -0.2) is 59.0 Å². The predicted molar refractivity (Wildman–Crippen MR) is 107 cm³/mol. The molecule has 0 aromatic carbocycles. The Kier molecular flexibility index (Phi) is 8.51. The van der Waals surface area contributed by atoms with Crippen molar-refractivity contribution >= 4 is 35.8 Å². The Balaban J connectivity index is 0.00000288. The van der Waals surface area contributed by atoms with Crippen molar-refractivity contribution in [2.24, 2.45) is 10.9 Å². The smallest absolute Gasteiger partial charge is 0.239 e. The lowest BCUT2D eigenvalue weighted by molar-refractivity contribution is -0.120. The van der Waals surface area contributed by atoms with E-state index < -0.39 is 0 Å². The number of carbonyl (C=O) groups is 1. The van der Waals surface area contributed by atoms with Gasteiger partial charge in [0.25, 0.3) is 0 Å². The van der Waals surface area contributed by atoms with E-state index in [0.29, 0.717) is 12.0 Å². The molecule has 2 atom stereocenters. The molecule has 1 aliphatic rings. The highest BCUT2D eigenvalue weighted by molar-refractivity contribution is 14.0. The zero-order valence-corrected chi connectivity index (χ0v) is 17.2. The molecule has 0 radical (unpaired) electrons. The molecular weight excluding hydrogens is 419 g/mol. The van der Waals surface area contributed by atoms with E-state index in [4.69, 9.17) is 0 Å². The van der Waals surface area contributed by atoms with Crippen LogP contribution in [0.5, 0.6) is 0 Å². The summed E-state index contributed by atoms with van der Waals surface area (Å²) in [5, 5.41) is 6.04. The molecular formula is C16H29IN6O. The van der Waals surface area contributed by atoms with Crippen molar-refractivity contribution in [2.45, 2.75) is 39.3 Å². The van der Waals surface area contributed by atoms with Gasteiger partial charge < -0.3 is 20.1 Å². The summed E-state index contributed by atoms with van der Waals surface area (Å²) in [6.07, 6.45) is 6.78. The van der Waals surface area contributed by atoms with Crippen LogP contribution in [0.25, 0.3) is 0 Å². The summed E-state index contributed by atoms with van der Waals surface area (Å²) in [6.45, 7) is 8.23. The van der Waals surface area contributed by atoms with Crippen molar-refractivity contribution < 1.29 is 4.79 Å². The van der Waals surface area contributed by atoms with Crippen LogP contribution in [-0.2, 0) is 4.79 Å². The van der Waals surface area contributed by atoms with Gasteiger partial charge in [-0.2, -0.15) is 0 Å². The third-order valence-corrected chi connectivity index (χ3v) is 4.19. The van der Waals surface area contributed by atoms with Gasteiger partial charge in [0.05, 0.1) is 18.9 Å². The Morgan fingerprint density at radius 1 is 1.46 bits per heavy atom. The Labute approximate surface area is 161 Å². The number of guanidine groups is 1. The van der Waals surface area contributed by atoms with Crippen molar-refractivity contribution in [3.05, 3.63) is 18.7 Å². The molecule has 0 saturated carbocycles. The molecule has 8 heteroatoms. The highest BCUT2D eigenvalue weighted by atomic mass is 127. The van der Waals surface area contributed by atoms with Crippen LogP contribution in [0, 0.1) is 5.92 Å². The molecule has 1 saturated heterocycles. The molecule has 7 nitrogen and oxygen atoms in total. The van der Waals surface area contributed by atoms with E-state index in [2.05, 4.69) is 37.0 Å². The van der Waals surface area contributed by atoms with E-state index in [-0.39, 0.29) is 42.5 Å². The first-order valence-corrected chi connectivity index (χ1v) is 8.23. The normalized spacial score (nSPS) is 21.4. The second kappa shape index (κ2) is 9.85. The topological polar surface area (TPSA) is 74.6 Å². The molecule has 1 aromatic rings. The lowest BCUT2D eigenvalue weighted by atomic mass is 9.93. The van der Waals surface area contributed by atoms with Gasteiger partial charge in [-0.3, -0.25) is 9.79 Å². The fourth-order valence-electron chi connectivity index (χ4n) is 2.96. The minimum absolute atomic E-state index is 0. The highest BCUT2D eigenvalue weighted by Crippen LogP contribution is 2.27. The molecule has 2 unspecified atom stereocenters. The van der Waals surface area contributed by atoms with Gasteiger partial charge in [-0.05, 0) is 26.2 Å². The fourth-order valence-corrected chi connectivity index (χ4v) is 2.96. The number of amides is 1.